The number of hydrogen-bond donors (Lipinski definition) is 1. The number of fused-ring (bicyclic) bond motifs is 1. The van der Waals surface area contributed by atoms with Gasteiger partial charge >= 0.3 is 0 Å². The van der Waals surface area contributed by atoms with Crippen molar-refractivity contribution in [2.24, 2.45) is 5.10 Å². The lowest BCUT2D eigenvalue weighted by molar-refractivity contribution is -0.123. The first-order chi connectivity index (χ1) is 15.3. The van der Waals surface area contributed by atoms with Gasteiger partial charge in [-0.05, 0) is 53.6 Å². The quantitative estimate of drug-likeness (QED) is 0.447. The van der Waals surface area contributed by atoms with Gasteiger partial charge < -0.3 is 18.9 Å². The Labute approximate surface area is 180 Å². The summed E-state index contributed by atoms with van der Waals surface area (Å²) in [6, 6.07) is 22.5. The third-order valence-electron chi connectivity index (χ3n) is 4.41. The van der Waals surface area contributed by atoms with Gasteiger partial charge in [0.05, 0.1) is 6.21 Å². The van der Waals surface area contributed by atoms with Crippen LogP contribution in [0.3, 0.4) is 0 Å². The molecule has 0 unspecified atom stereocenters. The molecule has 1 heterocycles. The molecule has 3 aromatic carbocycles. The zero-order chi connectivity index (χ0) is 21.3. The highest BCUT2D eigenvalue weighted by atomic mass is 16.6. The van der Waals surface area contributed by atoms with Crippen LogP contribution in [0, 0.1) is 0 Å². The van der Waals surface area contributed by atoms with Crippen LogP contribution < -0.4 is 24.4 Å². The van der Waals surface area contributed by atoms with Crippen molar-refractivity contribution >= 4 is 12.1 Å². The molecule has 0 aromatic heterocycles. The summed E-state index contributed by atoms with van der Waals surface area (Å²) in [6.07, 6.45) is 1.54. The number of rotatable bonds is 8. The van der Waals surface area contributed by atoms with Crippen LogP contribution in [0.5, 0.6) is 23.0 Å². The van der Waals surface area contributed by atoms with Crippen molar-refractivity contribution in [2.75, 3.05) is 19.8 Å². The normalized spacial score (nSPS) is 12.4. The Morgan fingerprint density at radius 1 is 0.903 bits per heavy atom. The first-order valence-corrected chi connectivity index (χ1v) is 9.87. The number of hydrazone groups is 1. The van der Waals surface area contributed by atoms with Crippen molar-refractivity contribution in [1.29, 1.82) is 0 Å². The number of hydrogen-bond acceptors (Lipinski definition) is 6. The second-order valence-electron chi connectivity index (χ2n) is 6.73. The third kappa shape index (κ3) is 5.99. The van der Waals surface area contributed by atoms with E-state index in [-0.39, 0.29) is 12.5 Å². The molecular weight excluding hydrogens is 396 g/mol. The van der Waals surface area contributed by atoms with Gasteiger partial charge in [0.25, 0.3) is 5.91 Å². The molecule has 158 valence electrons. The minimum Gasteiger partial charge on any atom is -0.489 e. The van der Waals surface area contributed by atoms with E-state index < -0.39 is 0 Å². The Morgan fingerprint density at radius 2 is 1.61 bits per heavy atom. The summed E-state index contributed by atoms with van der Waals surface area (Å²) in [5.74, 6) is 2.30. The van der Waals surface area contributed by atoms with E-state index in [2.05, 4.69) is 10.5 Å². The maximum Gasteiger partial charge on any atom is 0.277 e. The minimum atomic E-state index is -0.363. The predicted molar refractivity (Wildman–Crippen MR) is 116 cm³/mol. The minimum absolute atomic E-state index is 0.150. The van der Waals surface area contributed by atoms with Crippen molar-refractivity contribution in [3.8, 4) is 23.0 Å². The van der Waals surface area contributed by atoms with E-state index in [9.17, 15) is 4.79 Å². The van der Waals surface area contributed by atoms with E-state index in [1.807, 2.05) is 48.5 Å². The molecule has 7 nitrogen and oxygen atoms in total. The van der Waals surface area contributed by atoms with Crippen LogP contribution in [0.4, 0.5) is 0 Å². The molecule has 1 aliphatic heterocycles. The fourth-order valence-corrected chi connectivity index (χ4v) is 2.87. The zero-order valence-corrected chi connectivity index (χ0v) is 16.8. The SMILES string of the molecule is O=C(COc1ccc(OCc2ccccc2)cc1)N/N=C\c1ccc2c(c1)OCCO2. The first kappa shape index (κ1) is 20.3. The smallest absolute Gasteiger partial charge is 0.277 e. The van der Waals surface area contributed by atoms with E-state index in [4.69, 9.17) is 18.9 Å². The molecule has 3 aromatic rings. The molecule has 0 fully saturated rings. The number of ether oxygens (including phenoxy) is 4. The molecule has 1 amide bonds. The van der Waals surface area contributed by atoms with Gasteiger partial charge in [-0.25, -0.2) is 5.43 Å². The Balaban J connectivity index is 1.20. The van der Waals surface area contributed by atoms with Crippen LogP contribution in [0.2, 0.25) is 0 Å². The van der Waals surface area contributed by atoms with Crippen LogP contribution in [0.25, 0.3) is 0 Å². The fraction of sp³-hybridized carbons (Fsp3) is 0.167. The molecule has 4 rings (SSSR count). The highest BCUT2D eigenvalue weighted by Gasteiger charge is 2.11. The highest BCUT2D eigenvalue weighted by molar-refractivity contribution is 5.83. The lowest BCUT2D eigenvalue weighted by Gasteiger charge is -2.18. The number of benzene rings is 3. The molecule has 0 aliphatic carbocycles. The maximum atomic E-state index is 11.9. The van der Waals surface area contributed by atoms with Crippen LogP contribution in [0.15, 0.2) is 77.9 Å². The first-order valence-electron chi connectivity index (χ1n) is 9.87. The summed E-state index contributed by atoms with van der Waals surface area (Å²) >= 11 is 0. The number of carbonyl (C=O) groups is 1. The standard InChI is InChI=1S/C24H22N2O5/c27-24(26-25-15-19-6-11-22-23(14-19)29-13-12-28-22)17-31-21-9-7-20(8-10-21)30-16-18-4-2-1-3-5-18/h1-11,14-15H,12-13,16-17H2,(H,26,27)/b25-15-. The Hall–Kier alpha value is -4.00. The summed E-state index contributed by atoms with van der Waals surface area (Å²) in [5, 5.41) is 3.95. The van der Waals surface area contributed by atoms with Gasteiger partial charge in [-0.15, -0.1) is 0 Å². The molecule has 0 atom stereocenters. The van der Waals surface area contributed by atoms with Crippen molar-refractivity contribution in [2.45, 2.75) is 6.61 Å². The summed E-state index contributed by atoms with van der Waals surface area (Å²) in [7, 11) is 0. The summed E-state index contributed by atoms with van der Waals surface area (Å²) < 4.78 is 22.2. The Bertz CT molecular complexity index is 1040. The second kappa shape index (κ2) is 10.2. The summed E-state index contributed by atoms with van der Waals surface area (Å²) in [5.41, 5.74) is 4.32. The van der Waals surface area contributed by atoms with Gasteiger partial charge in [-0.3, -0.25) is 4.79 Å². The monoisotopic (exact) mass is 418 g/mol. The maximum absolute atomic E-state index is 11.9. The number of nitrogens with zero attached hydrogens (tertiary/aromatic N) is 1. The van der Waals surface area contributed by atoms with Gasteiger partial charge in [0.1, 0.15) is 31.3 Å². The van der Waals surface area contributed by atoms with Crippen LogP contribution >= 0.6 is 0 Å². The lowest BCUT2D eigenvalue weighted by Crippen LogP contribution is -2.24. The Morgan fingerprint density at radius 3 is 2.39 bits per heavy atom. The highest BCUT2D eigenvalue weighted by Crippen LogP contribution is 2.30. The van der Waals surface area contributed by atoms with E-state index in [1.54, 1.807) is 24.3 Å². The predicted octanol–water partition coefficient (Wildman–Crippen LogP) is 3.57. The molecular formula is C24H22N2O5. The largest absolute Gasteiger partial charge is 0.489 e. The van der Waals surface area contributed by atoms with Crippen LogP contribution in [-0.2, 0) is 11.4 Å². The van der Waals surface area contributed by atoms with Crippen molar-refractivity contribution in [3.63, 3.8) is 0 Å². The average molecular weight is 418 g/mol. The fourth-order valence-electron chi connectivity index (χ4n) is 2.87. The van der Waals surface area contributed by atoms with Crippen molar-refractivity contribution < 1.29 is 23.7 Å². The summed E-state index contributed by atoms with van der Waals surface area (Å²) in [4.78, 5) is 11.9. The van der Waals surface area contributed by atoms with Gasteiger partial charge in [0.2, 0.25) is 0 Å². The van der Waals surface area contributed by atoms with Gasteiger partial charge in [-0.1, -0.05) is 30.3 Å². The van der Waals surface area contributed by atoms with Crippen molar-refractivity contribution in [3.05, 3.63) is 83.9 Å². The van der Waals surface area contributed by atoms with Gasteiger partial charge in [-0.2, -0.15) is 5.10 Å². The third-order valence-corrected chi connectivity index (χ3v) is 4.41. The number of amides is 1. The topological polar surface area (TPSA) is 78.4 Å². The number of nitrogens with one attached hydrogen (secondary N) is 1. The summed E-state index contributed by atoms with van der Waals surface area (Å²) in [6.45, 7) is 1.40. The molecule has 31 heavy (non-hydrogen) atoms. The Kier molecular flexibility index (Phi) is 6.64. The second-order valence-corrected chi connectivity index (χ2v) is 6.73. The molecule has 7 heteroatoms. The molecule has 1 aliphatic rings. The average Bonchev–Trinajstić information content (AvgIpc) is 2.83. The van der Waals surface area contributed by atoms with E-state index in [1.165, 1.54) is 6.21 Å². The van der Waals surface area contributed by atoms with Gasteiger partial charge in [0, 0.05) is 0 Å². The van der Waals surface area contributed by atoms with E-state index in [0.29, 0.717) is 37.1 Å². The van der Waals surface area contributed by atoms with Gasteiger partial charge in [0.15, 0.2) is 18.1 Å². The lowest BCUT2D eigenvalue weighted by atomic mass is 10.2. The van der Waals surface area contributed by atoms with E-state index >= 15 is 0 Å². The zero-order valence-electron chi connectivity index (χ0n) is 16.8. The molecule has 0 radical (unpaired) electrons. The van der Waals surface area contributed by atoms with Crippen LogP contribution in [0.1, 0.15) is 11.1 Å². The van der Waals surface area contributed by atoms with E-state index in [0.717, 1.165) is 16.9 Å². The molecule has 0 spiro atoms. The number of carbonyl (C=O) groups excluding carboxylic acids is 1. The molecule has 0 bridgehead atoms. The molecule has 0 saturated carbocycles. The van der Waals surface area contributed by atoms with Crippen molar-refractivity contribution in [1.82, 2.24) is 5.43 Å². The van der Waals surface area contributed by atoms with Crippen LogP contribution in [-0.4, -0.2) is 31.9 Å². The molecule has 1 N–H and O–H groups in total. The molecule has 0 saturated heterocycles.